The Morgan fingerprint density at radius 2 is 1.85 bits per heavy atom. The number of hydrogen-bond donors (Lipinski definition) is 1. The zero-order valence-corrected chi connectivity index (χ0v) is 17.3. The summed E-state index contributed by atoms with van der Waals surface area (Å²) in [6.07, 6.45) is 3.56. The first-order valence-corrected chi connectivity index (χ1v) is 10.1. The molecule has 1 aromatic carbocycles. The Morgan fingerprint density at radius 1 is 1.19 bits per heavy atom. The molecule has 4 nitrogen and oxygen atoms in total. The molecule has 144 valence electrons. The maximum absolute atomic E-state index is 13.3. The number of halogens is 1. The van der Waals surface area contributed by atoms with E-state index in [-0.39, 0.29) is 12.1 Å². The van der Waals surface area contributed by atoms with Crippen LogP contribution in [0.5, 0.6) is 0 Å². The molecule has 1 saturated heterocycles. The van der Waals surface area contributed by atoms with Gasteiger partial charge in [-0.25, -0.2) is 4.98 Å². The van der Waals surface area contributed by atoms with Crippen LogP contribution < -0.4 is 10.2 Å². The quantitative estimate of drug-likeness (QED) is 0.755. The molecule has 2 aromatic rings. The van der Waals surface area contributed by atoms with Crippen molar-refractivity contribution in [3.8, 4) is 0 Å². The van der Waals surface area contributed by atoms with Crippen LogP contribution in [0.15, 0.2) is 36.5 Å². The van der Waals surface area contributed by atoms with Gasteiger partial charge in [0.2, 0.25) is 0 Å². The molecule has 0 radical (unpaired) electrons. The Labute approximate surface area is 166 Å². The molecule has 1 amide bonds. The summed E-state index contributed by atoms with van der Waals surface area (Å²) in [4.78, 5) is 19.9. The number of nitrogens with zero attached hydrogens (tertiary/aromatic N) is 2. The van der Waals surface area contributed by atoms with E-state index in [0.717, 1.165) is 41.9 Å². The molecule has 1 aliphatic rings. The number of carbonyl (C=O) groups is 1. The third-order valence-corrected chi connectivity index (χ3v) is 5.39. The van der Waals surface area contributed by atoms with Crippen molar-refractivity contribution in [2.75, 3.05) is 11.4 Å². The van der Waals surface area contributed by atoms with E-state index in [2.05, 4.69) is 61.1 Å². The largest absolute Gasteiger partial charge is 0.336 e. The molecule has 3 rings (SSSR count). The summed E-state index contributed by atoms with van der Waals surface area (Å²) in [6.45, 7) is 9.39. The molecule has 1 atom stereocenters. The average Bonchev–Trinajstić information content (AvgIpc) is 3.09. The number of rotatable bonds is 5. The van der Waals surface area contributed by atoms with Crippen LogP contribution in [0.25, 0.3) is 0 Å². The van der Waals surface area contributed by atoms with E-state index in [1.54, 1.807) is 12.3 Å². The first-order chi connectivity index (χ1) is 12.9. The first-order valence-electron chi connectivity index (χ1n) is 9.70. The molecular weight excluding hydrogens is 358 g/mol. The minimum atomic E-state index is -0.0660. The second-order valence-corrected chi connectivity index (χ2v) is 8.21. The van der Waals surface area contributed by atoms with Crippen molar-refractivity contribution in [2.45, 2.75) is 58.5 Å². The third-order valence-electron chi connectivity index (χ3n) is 5.15. The minimum Gasteiger partial charge on any atom is -0.336 e. The Kier molecular flexibility index (Phi) is 6.05. The summed E-state index contributed by atoms with van der Waals surface area (Å²) >= 11 is 6.13. The SMILES string of the molecule is CC(C)c1cccc(C(C)C)c1C(=O)NC1CCCN1c1cc(Cl)ccn1. The number of pyridine rings is 1. The van der Waals surface area contributed by atoms with Crippen LogP contribution >= 0.6 is 11.6 Å². The van der Waals surface area contributed by atoms with E-state index in [4.69, 9.17) is 11.6 Å². The Bertz CT molecular complexity index is 793. The molecule has 1 unspecified atom stereocenters. The van der Waals surface area contributed by atoms with Gasteiger partial charge in [0.1, 0.15) is 12.0 Å². The van der Waals surface area contributed by atoms with Crippen LogP contribution in [0, 0.1) is 0 Å². The maximum Gasteiger partial charge on any atom is 0.253 e. The van der Waals surface area contributed by atoms with Crippen molar-refractivity contribution in [1.82, 2.24) is 10.3 Å². The summed E-state index contributed by atoms with van der Waals surface area (Å²) in [7, 11) is 0. The smallest absolute Gasteiger partial charge is 0.253 e. The van der Waals surface area contributed by atoms with E-state index in [1.807, 2.05) is 6.07 Å². The fourth-order valence-electron chi connectivity index (χ4n) is 3.78. The van der Waals surface area contributed by atoms with Crippen molar-refractivity contribution in [1.29, 1.82) is 0 Å². The molecule has 27 heavy (non-hydrogen) atoms. The highest BCUT2D eigenvalue weighted by Gasteiger charge is 2.29. The number of nitrogens with one attached hydrogen (secondary N) is 1. The summed E-state index contributed by atoms with van der Waals surface area (Å²) in [6, 6.07) is 9.81. The number of aromatic nitrogens is 1. The number of amides is 1. The number of benzene rings is 1. The van der Waals surface area contributed by atoms with Gasteiger partial charge in [-0.15, -0.1) is 0 Å². The fourth-order valence-corrected chi connectivity index (χ4v) is 3.93. The minimum absolute atomic E-state index is 0.00179. The van der Waals surface area contributed by atoms with Gasteiger partial charge in [-0.05, 0) is 47.9 Å². The topological polar surface area (TPSA) is 45.2 Å². The van der Waals surface area contributed by atoms with E-state index in [0.29, 0.717) is 16.9 Å². The van der Waals surface area contributed by atoms with Gasteiger partial charge in [0.25, 0.3) is 5.91 Å². The number of carbonyl (C=O) groups excluding carboxylic acids is 1. The maximum atomic E-state index is 13.3. The monoisotopic (exact) mass is 385 g/mol. The Hall–Kier alpha value is -2.07. The van der Waals surface area contributed by atoms with E-state index < -0.39 is 0 Å². The van der Waals surface area contributed by atoms with E-state index in [1.165, 1.54) is 0 Å². The zero-order chi connectivity index (χ0) is 19.6. The van der Waals surface area contributed by atoms with Gasteiger partial charge in [0, 0.05) is 23.3 Å². The van der Waals surface area contributed by atoms with Crippen LogP contribution in [0.3, 0.4) is 0 Å². The Morgan fingerprint density at radius 3 is 2.44 bits per heavy atom. The van der Waals surface area contributed by atoms with Gasteiger partial charge >= 0.3 is 0 Å². The Balaban J connectivity index is 1.89. The molecule has 0 bridgehead atoms. The molecule has 1 N–H and O–H groups in total. The van der Waals surface area contributed by atoms with Gasteiger partial charge in [-0.3, -0.25) is 4.79 Å². The highest BCUT2D eigenvalue weighted by molar-refractivity contribution is 6.30. The molecule has 1 aliphatic heterocycles. The number of anilines is 1. The molecular formula is C22H28ClN3O. The van der Waals surface area contributed by atoms with Crippen LogP contribution in [0.1, 0.15) is 73.9 Å². The lowest BCUT2D eigenvalue weighted by molar-refractivity contribution is 0.0935. The van der Waals surface area contributed by atoms with Crippen molar-refractivity contribution < 1.29 is 4.79 Å². The van der Waals surface area contributed by atoms with Crippen molar-refractivity contribution in [2.24, 2.45) is 0 Å². The number of hydrogen-bond acceptors (Lipinski definition) is 3. The highest BCUT2D eigenvalue weighted by Crippen LogP contribution is 2.29. The van der Waals surface area contributed by atoms with Crippen molar-refractivity contribution in [3.05, 3.63) is 58.2 Å². The normalized spacial score (nSPS) is 17.0. The lowest BCUT2D eigenvalue weighted by atomic mass is 9.88. The van der Waals surface area contributed by atoms with E-state index in [9.17, 15) is 4.79 Å². The van der Waals surface area contributed by atoms with Gasteiger partial charge in [-0.1, -0.05) is 57.5 Å². The first kappa shape index (κ1) is 19.7. The van der Waals surface area contributed by atoms with Crippen LogP contribution in [-0.4, -0.2) is 23.6 Å². The fraction of sp³-hybridized carbons (Fsp3) is 0.455. The van der Waals surface area contributed by atoms with Crippen molar-refractivity contribution >= 4 is 23.3 Å². The van der Waals surface area contributed by atoms with Crippen LogP contribution in [-0.2, 0) is 0 Å². The standard InChI is InChI=1S/C22H28ClN3O/c1-14(2)17-7-5-8-18(15(3)4)21(17)22(27)25-19-9-6-12-26(19)20-13-16(23)10-11-24-20/h5,7-8,10-11,13-15,19H,6,9,12H2,1-4H3,(H,25,27). The van der Waals surface area contributed by atoms with Crippen LogP contribution in [0.2, 0.25) is 5.02 Å². The van der Waals surface area contributed by atoms with E-state index >= 15 is 0 Å². The highest BCUT2D eigenvalue weighted by atomic mass is 35.5. The van der Waals surface area contributed by atoms with Crippen molar-refractivity contribution in [3.63, 3.8) is 0 Å². The lowest BCUT2D eigenvalue weighted by Crippen LogP contribution is -2.45. The average molecular weight is 386 g/mol. The van der Waals surface area contributed by atoms with Gasteiger partial charge in [0.15, 0.2) is 0 Å². The molecule has 0 aliphatic carbocycles. The third kappa shape index (κ3) is 4.27. The predicted octanol–water partition coefficient (Wildman–Crippen LogP) is 5.34. The molecule has 5 heteroatoms. The molecule has 2 heterocycles. The molecule has 1 fully saturated rings. The second kappa shape index (κ2) is 8.30. The van der Waals surface area contributed by atoms with Gasteiger partial charge in [0.05, 0.1) is 0 Å². The summed E-state index contributed by atoms with van der Waals surface area (Å²) < 4.78 is 0. The lowest BCUT2D eigenvalue weighted by Gasteiger charge is -2.28. The molecule has 1 aromatic heterocycles. The molecule has 0 spiro atoms. The second-order valence-electron chi connectivity index (χ2n) is 7.78. The molecule has 0 saturated carbocycles. The summed E-state index contributed by atoms with van der Waals surface area (Å²) in [5.74, 6) is 1.39. The zero-order valence-electron chi connectivity index (χ0n) is 16.5. The van der Waals surface area contributed by atoms with Gasteiger partial charge < -0.3 is 10.2 Å². The van der Waals surface area contributed by atoms with Crippen LogP contribution in [0.4, 0.5) is 5.82 Å². The summed E-state index contributed by atoms with van der Waals surface area (Å²) in [5, 5.41) is 3.91. The predicted molar refractivity (Wildman–Crippen MR) is 112 cm³/mol. The van der Waals surface area contributed by atoms with Gasteiger partial charge in [-0.2, -0.15) is 0 Å². The summed E-state index contributed by atoms with van der Waals surface area (Å²) in [5.41, 5.74) is 3.03.